The standard InChI is InChI=1S/C22H22F3N7O4S/c1-13-2-3-14(6-15(13)16-7-28-17(26)18(30-16)32-12-27-11-29-32)37(34,35)31-21-5-4-20(8-21,9-21)10-36-19(33)22(23,24)25/h2-3,6-7,11-12,31H,4-5,8-10H2,1H3,(H2,26,28). The van der Waals surface area contributed by atoms with Gasteiger partial charge in [0.25, 0.3) is 0 Å². The van der Waals surface area contributed by atoms with Crippen molar-refractivity contribution in [3.05, 3.63) is 42.6 Å². The Morgan fingerprint density at radius 2 is 2.03 bits per heavy atom. The lowest BCUT2D eigenvalue weighted by molar-refractivity contribution is -0.204. The molecule has 0 spiro atoms. The van der Waals surface area contributed by atoms with E-state index in [0.717, 1.165) is 5.56 Å². The first-order valence-corrected chi connectivity index (χ1v) is 12.7. The Balaban J connectivity index is 1.34. The molecule has 0 unspecified atom stereocenters. The molecule has 15 heteroatoms. The number of carbonyl (C=O) groups is 1. The summed E-state index contributed by atoms with van der Waals surface area (Å²) in [6, 6.07) is 4.59. The maximum absolute atomic E-state index is 13.3. The van der Waals surface area contributed by atoms with Crippen LogP contribution in [-0.4, -0.2) is 57.4 Å². The first-order chi connectivity index (χ1) is 17.3. The zero-order valence-corrected chi connectivity index (χ0v) is 20.3. The van der Waals surface area contributed by atoms with E-state index in [1.165, 1.54) is 35.7 Å². The van der Waals surface area contributed by atoms with Crippen molar-refractivity contribution in [2.45, 2.75) is 49.2 Å². The van der Waals surface area contributed by atoms with Crippen LogP contribution in [0.1, 0.15) is 31.2 Å². The monoisotopic (exact) mass is 537 g/mol. The largest absolute Gasteiger partial charge is 0.490 e. The Labute approximate surface area is 209 Å². The zero-order valence-electron chi connectivity index (χ0n) is 19.5. The van der Waals surface area contributed by atoms with Gasteiger partial charge in [0.05, 0.1) is 23.4 Å². The Morgan fingerprint density at radius 1 is 1.27 bits per heavy atom. The van der Waals surface area contributed by atoms with Gasteiger partial charge in [0.2, 0.25) is 10.0 Å². The molecule has 196 valence electrons. The summed E-state index contributed by atoms with van der Waals surface area (Å²) < 4.78 is 72.5. The smallest absolute Gasteiger partial charge is 0.458 e. The van der Waals surface area contributed by atoms with Crippen molar-refractivity contribution in [1.82, 2.24) is 29.5 Å². The number of nitrogens with zero attached hydrogens (tertiary/aromatic N) is 5. The van der Waals surface area contributed by atoms with E-state index in [9.17, 15) is 26.4 Å². The van der Waals surface area contributed by atoms with Crippen LogP contribution in [0.25, 0.3) is 17.1 Å². The maximum atomic E-state index is 13.3. The summed E-state index contributed by atoms with van der Waals surface area (Å²) in [5, 5.41) is 4.01. The number of fused-ring (bicyclic) bond motifs is 1. The van der Waals surface area contributed by atoms with Crippen molar-refractivity contribution in [3.8, 4) is 17.1 Å². The van der Waals surface area contributed by atoms with Crippen molar-refractivity contribution in [2.75, 3.05) is 12.3 Å². The number of nitrogens with two attached hydrogens (primary N) is 1. The molecule has 3 fully saturated rings. The lowest BCUT2D eigenvalue weighted by Crippen LogP contribution is -2.56. The van der Waals surface area contributed by atoms with Gasteiger partial charge >= 0.3 is 12.1 Å². The van der Waals surface area contributed by atoms with Gasteiger partial charge in [0.15, 0.2) is 11.6 Å². The quantitative estimate of drug-likeness (QED) is 0.432. The highest BCUT2D eigenvalue weighted by atomic mass is 32.2. The third-order valence-electron chi connectivity index (χ3n) is 6.86. The fourth-order valence-corrected chi connectivity index (χ4v) is 6.69. The summed E-state index contributed by atoms with van der Waals surface area (Å²) in [7, 11) is -3.99. The van der Waals surface area contributed by atoms with Crippen molar-refractivity contribution < 1.29 is 31.1 Å². The van der Waals surface area contributed by atoms with Crippen LogP contribution in [-0.2, 0) is 19.6 Å². The number of benzene rings is 1. The van der Waals surface area contributed by atoms with Gasteiger partial charge in [0, 0.05) is 16.5 Å². The number of esters is 1. The summed E-state index contributed by atoms with van der Waals surface area (Å²) in [5.74, 6) is -1.88. The SMILES string of the molecule is Cc1ccc(S(=O)(=O)NC23CCC(COC(=O)C(F)(F)F)(C2)C3)cc1-c1cnc(N)c(-n2cncn2)n1. The van der Waals surface area contributed by atoms with E-state index in [1.807, 2.05) is 0 Å². The number of hydrogen-bond donors (Lipinski definition) is 2. The second-order valence-corrected chi connectivity index (χ2v) is 11.3. The number of nitrogens with one attached hydrogen (secondary N) is 1. The number of ether oxygens (including phenoxy) is 1. The number of alkyl halides is 3. The second-order valence-electron chi connectivity index (χ2n) is 9.59. The van der Waals surface area contributed by atoms with Crippen LogP contribution in [0.15, 0.2) is 41.9 Å². The summed E-state index contributed by atoms with van der Waals surface area (Å²) in [4.78, 5) is 23.6. The normalized spacial score (nSPS) is 23.0. The lowest BCUT2D eigenvalue weighted by Gasteiger charge is -2.47. The van der Waals surface area contributed by atoms with Gasteiger partial charge in [-0.15, -0.1) is 0 Å². The highest BCUT2D eigenvalue weighted by molar-refractivity contribution is 7.89. The maximum Gasteiger partial charge on any atom is 0.490 e. The Hall–Kier alpha value is -3.59. The molecule has 3 aliphatic carbocycles. The molecule has 2 aromatic heterocycles. The number of carbonyl (C=O) groups excluding carboxylic acids is 1. The number of halogens is 3. The third kappa shape index (κ3) is 4.64. The topological polar surface area (TPSA) is 155 Å². The molecule has 11 nitrogen and oxygen atoms in total. The van der Waals surface area contributed by atoms with Crippen LogP contribution in [0.3, 0.4) is 0 Å². The number of aromatic nitrogens is 5. The Morgan fingerprint density at radius 3 is 2.70 bits per heavy atom. The number of rotatable bonds is 7. The third-order valence-corrected chi connectivity index (χ3v) is 8.44. The molecule has 37 heavy (non-hydrogen) atoms. The minimum atomic E-state index is -5.06. The van der Waals surface area contributed by atoms with Gasteiger partial charge in [-0.05, 0) is 50.3 Å². The molecular weight excluding hydrogens is 515 g/mol. The molecule has 0 amide bonds. The second kappa shape index (κ2) is 8.48. The van der Waals surface area contributed by atoms with Gasteiger partial charge in [-0.1, -0.05) is 6.07 Å². The Kier molecular flexibility index (Phi) is 5.75. The number of sulfonamides is 1. The van der Waals surface area contributed by atoms with Crippen LogP contribution < -0.4 is 10.5 Å². The summed E-state index contributed by atoms with van der Waals surface area (Å²) in [5.41, 5.74) is 6.12. The summed E-state index contributed by atoms with van der Waals surface area (Å²) in [6.45, 7) is 1.40. The first kappa shape index (κ1) is 25.1. The van der Waals surface area contributed by atoms with Gasteiger partial charge < -0.3 is 10.5 Å². The number of anilines is 1. The highest BCUT2D eigenvalue weighted by Crippen LogP contribution is 2.62. The van der Waals surface area contributed by atoms with E-state index in [-0.39, 0.29) is 29.4 Å². The van der Waals surface area contributed by atoms with E-state index in [1.54, 1.807) is 13.0 Å². The highest BCUT2D eigenvalue weighted by Gasteiger charge is 2.62. The average molecular weight is 538 g/mol. The molecular formula is C22H22F3N7O4S. The predicted molar refractivity (Wildman–Crippen MR) is 123 cm³/mol. The minimum absolute atomic E-state index is 0.00342. The molecule has 1 aromatic carbocycles. The lowest BCUT2D eigenvalue weighted by atomic mass is 9.66. The molecule has 0 aliphatic heterocycles. The molecule has 3 aliphatic rings. The van der Waals surface area contributed by atoms with E-state index in [0.29, 0.717) is 24.1 Å². The van der Waals surface area contributed by atoms with Crippen molar-refractivity contribution in [2.24, 2.45) is 5.41 Å². The number of hydrogen-bond acceptors (Lipinski definition) is 9. The van der Waals surface area contributed by atoms with E-state index < -0.39 is 39.7 Å². The molecule has 0 atom stereocenters. The van der Waals surface area contributed by atoms with Crippen LogP contribution in [0.5, 0.6) is 0 Å². The zero-order chi connectivity index (χ0) is 26.6. The van der Waals surface area contributed by atoms with Crippen molar-refractivity contribution in [1.29, 1.82) is 0 Å². The molecule has 0 saturated heterocycles. The Bertz CT molecular complexity index is 1470. The fraction of sp³-hybridized carbons (Fsp3) is 0.409. The first-order valence-electron chi connectivity index (χ1n) is 11.2. The molecule has 2 heterocycles. The molecule has 3 aromatic rings. The van der Waals surface area contributed by atoms with E-state index >= 15 is 0 Å². The van der Waals surface area contributed by atoms with Crippen LogP contribution >= 0.6 is 0 Å². The van der Waals surface area contributed by atoms with Crippen LogP contribution in [0, 0.1) is 12.3 Å². The molecule has 6 rings (SSSR count). The number of nitrogen functional groups attached to an aromatic ring is 1. The van der Waals surface area contributed by atoms with Crippen LogP contribution in [0.2, 0.25) is 0 Å². The molecule has 0 radical (unpaired) electrons. The molecule has 3 N–H and O–H groups in total. The minimum Gasteiger partial charge on any atom is -0.458 e. The van der Waals surface area contributed by atoms with Gasteiger partial charge in [-0.25, -0.2) is 32.9 Å². The van der Waals surface area contributed by atoms with Crippen molar-refractivity contribution >= 4 is 21.8 Å². The van der Waals surface area contributed by atoms with E-state index in [2.05, 4.69) is 29.5 Å². The predicted octanol–water partition coefficient (Wildman–Crippen LogP) is 2.31. The molecule has 2 bridgehead atoms. The van der Waals surface area contributed by atoms with Gasteiger partial charge in [-0.2, -0.15) is 23.0 Å². The van der Waals surface area contributed by atoms with Crippen LogP contribution in [0.4, 0.5) is 19.0 Å². The van der Waals surface area contributed by atoms with Gasteiger partial charge in [-0.3, -0.25) is 0 Å². The van der Waals surface area contributed by atoms with E-state index in [4.69, 9.17) is 5.73 Å². The fourth-order valence-electron chi connectivity index (χ4n) is 5.23. The molecule has 3 saturated carbocycles. The van der Waals surface area contributed by atoms with Gasteiger partial charge in [0.1, 0.15) is 12.7 Å². The summed E-state index contributed by atoms with van der Waals surface area (Å²) >= 11 is 0. The number of aryl methyl sites for hydroxylation is 1. The van der Waals surface area contributed by atoms with Crippen molar-refractivity contribution in [3.63, 3.8) is 0 Å². The average Bonchev–Trinajstić information content (AvgIpc) is 3.53. The summed E-state index contributed by atoms with van der Waals surface area (Å²) in [6.07, 6.45) is 0.541.